The number of anilines is 6. The maximum Gasteiger partial charge on any atom is 0.194 e. The van der Waals surface area contributed by atoms with E-state index in [0.29, 0.717) is 29.0 Å². The van der Waals surface area contributed by atoms with Crippen molar-refractivity contribution in [2.45, 2.75) is 13.8 Å². The highest BCUT2D eigenvalue weighted by Crippen LogP contribution is 2.37. The molecule has 7 aromatic carbocycles. The van der Waals surface area contributed by atoms with Crippen LogP contribution in [0.1, 0.15) is 40.3 Å². The van der Waals surface area contributed by atoms with E-state index in [-0.39, 0.29) is 0 Å². The molecule has 0 bridgehead atoms. The molecule has 5 heteroatoms. The first kappa shape index (κ1) is 36.7. The van der Waals surface area contributed by atoms with Crippen LogP contribution >= 0.6 is 0 Å². The SMILES string of the molecule is [C-]#[N+]c1cc(/C=C/c2ccc(N(c3ccccc3)c3ccc(OCC)cc3)cc2)c(C#N)cc1/C=C/c1ccc(N(c2ccccc2)c2ccc(C)cc2)cc1. The Morgan fingerprint density at radius 1 is 0.554 bits per heavy atom. The third kappa shape index (κ3) is 8.61. The third-order valence-corrected chi connectivity index (χ3v) is 9.38. The van der Waals surface area contributed by atoms with E-state index >= 15 is 0 Å². The molecule has 0 heterocycles. The Kier molecular flexibility index (Phi) is 11.5. The Hall–Kier alpha value is -7.60. The van der Waals surface area contributed by atoms with Gasteiger partial charge in [0.25, 0.3) is 0 Å². The molecule has 7 aromatic rings. The number of aryl methyl sites for hydroxylation is 1. The van der Waals surface area contributed by atoms with Gasteiger partial charge < -0.3 is 14.5 Å². The van der Waals surface area contributed by atoms with E-state index in [4.69, 9.17) is 11.3 Å². The fourth-order valence-corrected chi connectivity index (χ4v) is 6.53. The smallest absolute Gasteiger partial charge is 0.194 e. The molecule has 5 nitrogen and oxygen atoms in total. The number of ether oxygens (including phenoxy) is 1. The molecule has 7 rings (SSSR count). The van der Waals surface area contributed by atoms with Crippen molar-refractivity contribution in [1.82, 2.24) is 0 Å². The first-order valence-corrected chi connectivity index (χ1v) is 18.5. The molecule has 0 unspecified atom stereocenters. The molecule has 0 N–H and O–H groups in total. The van der Waals surface area contributed by atoms with E-state index in [9.17, 15) is 5.26 Å². The van der Waals surface area contributed by atoms with Crippen molar-refractivity contribution in [3.63, 3.8) is 0 Å². The van der Waals surface area contributed by atoms with Crippen LogP contribution in [0.2, 0.25) is 0 Å². The summed E-state index contributed by atoms with van der Waals surface area (Å²) in [6.07, 6.45) is 7.77. The number of hydrogen-bond acceptors (Lipinski definition) is 4. The molecular weight excluding hydrogens is 685 g/mol. The average molecular weight is 725 g/mol. The van der Waals surface area contributed by atoms with Crippen molar-refractivity contribution in [3.05, 3.63) is 215 Å². The van der Waals surface area contributed by atoms with Gasteiger partial charge >= 0.3 is 0 Å². The summed E-state index contributed by atoms with van der Waals surface area (Å²) in [5.74, 6) is 0.836. The number of hydrogen-bond donors (Lipinski definition) is 0. The van der Waals surface area contributed by atoms with Crippen LogP contribution in [0.3, 0.4) is 0 Å². The number of nitrogens with zero attached hydrogens (tertiary/aromatic N) is 4. The van der Waals surface area contributed by atoms with Gasteiger partial charge in [0.2, 0.25) is 0 Å². The highest BCUT2D eigenvalue weighted by atomic mass is 16.5. The second kappa shape index (κ2) is 17.5. The van der Waals surface area contributed by atoms with Gasteiger partial charge in [-0.1, -0.05) is 103 Å². The average Bonchev–Trinajstić information content (AvgIpc) is 3.25. The summed E-state index contributed by atoms with van der Waals surface area (Å²) in [4.78, 5) is 8.25. The fraction of sp³-hybridized carbons (Fsp3) is 0.0588. The van der Waals surface area contributed by atoms with Crippen LogP contribution in [0.4, 0.5) is 39.8 Å². The zero-order valence-electron chi connectivity index (χ0n) is 31.4. The molecule has 0 aliphatic carbocycles. The summed E-state index contributed by atoms with van der Waals surface area (Å²) < 4.78 is 5.67. The minimum absolute atomic E-state index is 0.482. The molecular formula is C51H40N4O. The highest BCUT2D eigenvalue weighted by molar-refractivity contribution is 5.84. The van der Waals surface area contributed by atoms with Gasteiger partial charge in [-0.2, -0.15) is 5.26 Å². The normalized spacial score (nSPS) is 10.9. The number of benzene rings is 7. The standard InChI is InChI=1S/C51H40N4O/c1-4-56-50-33-31-49(32-34-50)55(45-13-9-6-10-14-45)48-27-19-39(20-28-48)17-23-41-36-51(53-3)42(35-43(41)37-52)24-18-40-21-29-47(30-22-40)54(44-11-7-5-8-12-44)46-25-15-38(2)16-26-46/h5-36H,4H2,1-2H3/b23-17+,24-18+. The largest absolute Gasteiger partial charge is 0.494 e. The first-order chi connectivity index (χ1) is 27.5. The summed E-state index contributed by atoms with van der Waals surface area (Å²) in [6, 6.07) is 59.7. The maximum absolute atomic E-state index is 10.1. The lowest BCUT2D eigenvalue weighted by atomic mass is 10.0. The quantitative estimate of drug-likeness (QED) is 0.0929. The van der Waals surface area contributed by atoms with Crippen LogP contribution < -0.4 is 14.5 Å². The van der Waals surface area contributed by atoms with Crippen LogP contribution in [0, 0.1) is 24.8 Å². The van der Waals surface area contributed by atoms with Crippen LogP contribution in [-0.2, 0) is 0 Å². The Morgan fingerprint density at radius 2 is 0.982 bits per heavy atom. The first-order valence-electron chi connectivity index (χ1n) is 18.5. The van der Waals surface area contributed by atoms with Crippen molar-refractivity contribution in [1.29, 1.82) is 5.26 Å². The molecule has 0 radical (unpaired) electrons. The van der Waals surface area contributed by atoms with Crippen molar-refractivity contribution in [2.75, 3.05) is 16.4 Å². The summed E-state index contributed by atoms with van der Waals surface area (Å²) >= 11 is 0. The minimum atomic E-state index is 0.482. The Labute approximate surface area is 329 Å². The van der Waals surface area contributed by atoms with E-state index < -0.39 is 0 Å². The van der Waals surface area contributed by atoms with E-state index in [1.165, 1.54) is 5.56 Å². The molecule has 0 aliphatic rings. The lowest BCUT2D eigenvalue weighted by molar-refractivity contribution is 0.340. The summed E-state index contributed by atoms with van der Waals surface area (Å²) in [5, 5.41) is 10.1. The Balaban J connectivity index is 1.10. The summed E-state index contributed by atoms with van der Waals surface area (Å²) in [7, 11) is 0. The lowest BCUT2D eigenvalue weighted by Crippen LogP contribution is -2.09. The molecule has 56 heavy (non-hydrogen) atoms. The van der Waals surface area contributed by atoms with E-state index in [1.54, 1.807) is 12.1 Å². The molecule has 0 fully saturated rings. The molecule has 0 atom stereocenters. The predicted molar refractivity (Wildman–Crippen MR) is 233 cm³/mol. The Morgan fingerprint density at radius 3 is 1.43 bits per heavy atom. The summed E-state index contributed by atoms with van der Waals surface area (Å²) in [5.41, 5.74) is 11.8. The second-order valence-corrected chi connectivity index (χ2v) is 13.2. The van der Waals surface area contributed by atoms with Crippen LogP contribution in [0.15, 0.2) is 170 Å². The minimum Gasteiger partial charge on any atom is -0.494 e. The van der Waals surface area contributed by atoms with E-state index in [0.717, 1.165) is 51.0 Å². The van der Waals surface area contributed by atoms with Crippen LogP contribution in [0.5, 0.6) is 5.75 Å². The second-order valence-electron chi connectivity index (χ2n) is 13.2. The molecule has 0 saturated heterocycles. The third-order valence-electron chi connectivity index (χ3n) is 9.38. The van der Waals surface area contributed by atoms with E-state index in [2.05, 4.69) is 137 Å². The van der Waals surface area contributed by atoms with Crippen molar-refractivity contribution in [3.8, 4) is 11.8 Å². The van der Waals surface area contributed by atoms with Crippen LogP contribution in [-0.4, -0.2) is 6.61 Å². The molecule has 0 amide bonds. The fourth-order valence-electron chi connectivity index (χ4n) is 6.53. The predicted octanol–water partition coefficient (Wildman–Crippen LogP) is 14.1. The maximum atomic E-state index is 10.1. The molecule has 0 aliphatic heterocycles. The van der Waals surface area contributed by atoms with E-state index in [1.807, 2.05) is 79.8 Å². The van der Waals surface area contributed by atoms with Gasteiger partial charge in [0.15, 0.2) is 5.69 Å². The van der Waals surface area contributed by atoms with Gasteiger partial charge in [-0.25, -0.2) is 4.85 Å². The zero-order chi connectivity index (χ0) is 38.7. The lowest BCUT2D eigenvalue weighted by Gasteiger charge is -2.25. The van der Waals surface area contributed by atoms with Crippen molar-refractivity contribution < 1.29 is 4.74 Å². The molecule has 0 aromatic heterocycles. The molecule has 270 valence electrons. The molecule has 0 spiro atoms. The van der Waals surface area contributed by atoms with Gasteiger partial charge in [0.1, 0.15) is 5.75 Å². The van der Waals surface area contributed by atoms with Gasteiger partial charge in [-0.3, -0.25) is 0 Å². The van der Waals surface area contributed by atoms with Crippen molar-refractivity contribution in [2.24, 2.45) is 0 Å². The zero-order valence-corrected chi connectivity index (χ0v) is 31.4. The van der Waals surface area contributed by atoms with Gasteiger partial charge in [-0.15, -0.1) is 0 Å². The Bertz CT molecular complexity index is 2530. The highest BCUT2D eigenvalue weighted by Gasteiger charge is 2.14. The van der Waals surface area contributed by atoms with Crippen LogP contribution in [0.25, 0.3) is 29.1 Å². The molecule has 0 saturated carbocycles. The number of para-hydroxylation sites is 2. The van der Waals surface area contributed by atoms with Crippen molar-refractivity contribution >= 4 is 64.1 Å². The summed E-state index contributed by atoms with van der Waals surface area (Å²) in [6.45, 7) is 12.6. The topological polar surface area (TPSA) is 43.9 Å². The number of rotatable bonds is 12. The van der Waals surface area contributed by atoms with Gasteiger partial charge in [0.05, 0.1) is 24.8 Å². The van der Waals surface area contributed by atoms with Gasteiger partial charge in [0, 0.05) is 34.1 Å². The number of nitriles is 1. The monoisotopic (exact) mass is 724 g/mol. The van der Waals surface area contributed by atoms with Gasteiger partial charge in [-0.05, 0) is 133 Å².